The molecule has 1 aromatic carbocycles. The molecule has 0 fully saturated rings. The lowest BCUT2D eigenvalue weighted by Gasteiger charge is -2.07. The van der Waals surface area contributed by atoms with Gasteiger partial charge in [-0.3, -0.25) is 4.79 Å². The van der Waals surface area contributed by atoms with E-state index in [-0.39, 0.29) is 17.9 Å². The number of carboxylic acid groups (broad SMARTS) is 1. The molecule has 0 atom stereocenters. The molecule has 0 aliphatic heterocycles. The molecule has 2 N–H and O–H groups in total. The quantitative estimate of drug-likeness (QED) is 0.820. The second-order valence-electron chi connectivity index (χ2n) is 4.29. The highest BCUT2D eigenvalue weighted by atomic mass is 16.4. The molecule has 0 aliphatic carbocycles. The third-order valence-electron chi connectivity index (χ3n) is 2.85. The molecule has 1 amide bonds. The van der Waals surface area contributed by atoms with Crippen molar-refractivity contribution in [3.8, 4) is 0 Å². The van der Waals surface area contributed by atoms with Crippen molar-refractivity contribution in [1.29, 1.82) is 0 Å². The number of nitrogens with zero attached hydrogens (tertiary/aromatic N) is 2. The van der Waals surface area contributed by atoms with Gasteiger partial charge in [0, 0.05) is 25.5 Å². The Bertz CT molecular complexity index is 593. The molecule has 0 unspecified atom stereocenters. The van der Waals surface area contributed by atoms with Crippen LogP contribution >= 0.6 is 0 Å². The molecule has 0 saturated heterocycles. The number of nitrogens with one attached hydrogen (secondary N) is 1. The van der Waals surface area contributed by atoms with Gasteiger partial charge in [-0.2, -0.15) is 0 Å². The van der Waals surface area contributed by atoms with Crippen LogP contribution in [0.2, 0.25) is 0 Å². The number of aromatic nitrogens is 2. The number of carboxylic acids is 1. The van der Waals surface area contributed by atoms with Crippen LogP contribution < -0.4 is 5.32 Å². The second-order valence-corrected chi connectivity index (χ2v) is 4.29. The number of hydrogen-bond acceptors (Lipinski definition) is 3. The summed E-state index contributed by atoms with van der Waals surface area (Å²) in [7, 11) is 0. The van der Waals surface area contributed by atoms with Crippen LogP contribution in [0.5, 0.6) is 0 Å². The number of carbonyl (C=O) groups is 2. The largest absolute Gasteiger partial charge is 0.478 e. The molecule has 0 saturated carbocycles. The van der Waals surface area contributed by atoms with Gasteiger partial charge in [0.25, 0.3) is 0 Å². The van der Waals surface area contributed by atoms with Gasteiger partial charge < -0.3 is 15.0 Å². The normalized spacial score (nSPS) is 10.2. The SMILES string of the molecule is O=C(Cc1ccccc1C(=O)O)NCCn1ccnc1. The molecular formula is C14H15N3O3. The molecule has 104 valence electrons. The van der Waals surface area contributed by atoms with Crippen molar-refractivity contribution in [1.82, 2.24) is 14.9 Å². The number of rotatable bonds is 6. The first-order valence-corrected chi connectivity index (χ1v) is 6.20. The maximum atomic E-state index is 11.8. The Kier molecular flexibility index (Phi) is 4.49. The molecule has 0 radical (unpaired) electrons. The molecular weight excluding hydrogens is 258 g/mol. The number of aromatic carboxylic acids is 1. The Hall–Kier alpha value is -2.63. The zero-order valence-electron chi connectivity index (χ0n) is 10.8. The van der Waals surface area contributed by atoms with Crippen molar-refractivity contribution in [3.63, 3.8) is 0 Å². The van der Waals surface area contributed by atoms with E-state index in [0.29, 0.717) is 18.7 Å². The highest BCUT2D eigenvalue weighted by molar-refractivity contribution is 5.91. The van der Waals surface area contributed by atoms with Gasteiger partial charge in [0.1, 0.15) is 0 Å². The molecule has 6 nitrogen and oxygen atoms in total. The number of benzene rings is 1. The van der Waals surface area contributed by atoms with E-state index < -0.39 is 5.97 Å². The van der Waals surface area contributed by atoms with Gasteiger partial charge in [-0.1, -0.05) is 18.2 Å². The molecule has 2 rings (SSSR count). The van der Waals surface area contributed by atoms with Crippen molar-refractivity contribution in [3.05, 3.63) is 54.1 Å². The lowest BCUT2D eigenvalue weighted by molar-refractivity contribution is -0.120. The van der Waals surface area contributed by atoms with Gasteiger partial charge in [0.2, 0.25) is 5.91 Å². The topological polar surface area (TPSA) is 84.2 Å². The molecule has 20 heavy (non-hydrogen) atoms. The standard InChI is InChI=1S/C14H15N3O3/c18-13(16-6-8-17-7-5-15-10-17)9-11-3-1-2-4-12(11)14(19)20/h1-5,7,10H,6,8-9H2,(H,16,18)(H,19,20). The fourth-order valence-corrected chi connectivity index (χ4v) is 1.86. The minimum absolute atomic E-state index is 0.0619. The zero-order chi connectivity index (χ0) is 14.4. The van der Waals surface area contributed by atoms with Gasteiger partial charge >= 0.3 is 5.97 Å². The van der Waals surface area contributed by atoms with Crippen molar-refractivity contribution >= 4 is 11.9 Å². The van der Waals surface area contributed by atoms with E-state index in [1.165, 1.54) is 6.07 Å². The first-order valence-electron chi connectivity index (χ1n) is 6.20. The maximum Gasteiger partial charge on any atom is 0.335 e. The lowest BCUT2D eigenvalue weighted by atomic mass is 10.0. The van der Waals surface area contributed by atoms with Crippen LogP contribution in [0.4, 0.5) is 0 Å². The molecule has 0 spiro atoms. The summed E-state index contributed by atoms with van der Waals surface area (Å²) >= 11 is 0. The fourth-order valence-electron chi connectivity index (χ4n) is 1.86. The number of amides is 1. The van der Waals surface area contributed by atoms with Gasteiger partial charge in [-0.25, -0.2) is 9.78 Å². The Labute approximate surface area is 116 Å². The van der Waals surface area contributed by atoms with Crippen LogP contribution in [-0.2, 0) is 17.8 Å². The summed E-state index contributed by atoms with van der Waals surface area (Å²) in [4.78, 5) is 26.7. The van der Waals surface area contributed by atoms with E-state index in [9.17, 15) is 9.59 Å². The summed E-state index contributed by atoms with van der Waals surface area (Å²) in [6.07, 6.45) is 5.22. The van der Waals surface area contributed by atoms with Crippen molar-refractivity contribution in [2.75, 3.05) is 6.54 Å². The Morgan fingerprint density at radius 1 is 1.30 bits per heavy atom. The second kappa shape index (κ2) is 6.51. The summed E-state index contributed by atoms with van der Waals surface area (Å²) in [6, 6.07) is 6.51. The Balaban J connectivity index is 1.87. The van der Waals surface area contributed by atoms with Gasteiger partial charge in [0.05, 0.1) is 18.3 Å². The summed E-state index contributed by atoms with van der Waals surface area (Å²) < 4.78 is 1.85. The third-order valence-corrected chi connectivity index (χ3v) is 2.85. The smallest absolute Gasteiger partial charge is 0.335 e. The molecule has 0 aliphatic rings. The van der Waals surface area contributed by atoms with Crippen molar-refractivity contribution in [2.24, 2.45) is 0 Å². The molecule has 0 bridgehead atoms. The molecule has 6 heteroatoms. The van der Waals surface area contributed by atoms with Gasteiger partial charge in [-0.05, 0) is 11.6 Å². The molecule has 1 heterocycles. The third kappa shape index (κ3) is 3.68. The predicted octanol–water partition coefficient (Wildman–Crippen LogP) is 0.940. The summed E-state index contributed by atoms with van der Waals surface area (Å²) in [5.74, 6) is -1.22. The first-order chi connectivity index (χ1) is 9.66. The van der Waals surface area contributed by atoms with Crippen LogP contribution in [-0.4, -0.2) is 33.1 Å². The summed E-state index contributed by atoms with van der Waals surface area (Å²) in [6.45, 7) is 1.11. The van der Waals surface area contributed by atoms with E-state index in [1.807, 2.05) is 10.8 Å². The predicted molar refractivity (Wildman–Crippen MR) is 72.3 cm³/mol. The Morgan fingerprint density at radius 3 is 2.80 bits per heavy atom. The minimum atomic E-state index is -1.02. The fraction of sp³-hybridized carbons (Fsp3) is 0.214. The lowest BCUT2D eigenvalue weighted by Crippen LogP contribution is -2.28. The number of imidazole rings is 1. The summed E-state index contributed by atoms with van der Waals surface area (Å²) in [5, 5.41) is 11.8. The van der Waals surface area contributed by atoms with E-state index in [0.717, 1.165) is 0 Å². The first kappa shape index (κ1) is 13.8. The van der Waals surface area contributed by atoms with Gasteiger partial charge in [0.15, 0.2) is 0 Å². The Morgan fingerprint density at radius 2 is 2.10 bits per heavy atom. The van der Waals surface area contributed by atoms with Crippen LogP contribution in [0.3, 0.4) is 0 Å². The van der Waals surface area contributed by atoms with E-state index in [1.54, 1.807) is 30.7 Å². The highest BCUT2D eigenvalue weighted by Crippen LogP contribution is 2.09. The van der Waals surface area contributed by atoms with E-state index >= 15 is 0 Å². The van der Waals surface area contributed by atoms with Crippen LogP contribution in [0.25, 0.3) is 0 Å². The van der Waals surface area contributed by atoms with Crippen LogP contribution in [0, 0.1) is 0 Å². The average Bonchev–Trinajstić information content (AvgIpc) is 2.92. The zero-order valence-corrected chi connectivity index (χ0v) is 10.8. The monoisotopic (exact) mass is 273 g/mol. The van der Waals surface area contributed by atoms with Crippen molar-refractivity contribution in [2.45, 2.75) is 13.0 Å². The van der Waals surface area contributed by atoms with Crippen LogP contribution in [0.1, 0.15) is 15.9 Å². The minimum Gasteiger partial charge on any atom is -0.478 e. The number of carbonyl (C=O) groups excluding carboxylic acids is 1. The highest BCUT2D eigenvalue weighted by Gasteiger charge is 2.11. The number of hydrogen-bond donors (Lipinski definition) is 2. The van der Waals surface area contributed by atoms with E-state index in [4.69, 9.17) is 5.11 Å². The van der Waals surface area contributed by atoms with Crippen LogP contribution in [0.15, 0.2) is 43.0 Å². The summed E-state index contributed by atoms with van der Waals surface area (Å²) in [5.41, 5.74) is 0.678. The van der Waals surface area contributed by atoms with E-state index in [2.05, 4.69) is 10.3 Å². The molecule has 1 aromatic heterocycles. The maximum absolute atomic E-state index is 11.8. The van der Waals surface area contributed by atoms with Gasteiger partial charge in [-0.15, -0.1) is 0 Å². The van der Waals surface area contributed by atoms with Crippen molar-refractivity contribution < 1.29 is 14.7 Å². The molecule has 2 aromatic rings. The average molecular weight is 273 g/mol.